The minimum atomic E-state index is -0.244. The second kappa shape index (κ2) is 6.75. The number of hydrogen-bond donors (Lipinski definition) is 1. The Kier molecular flexibility index (Phi) is 5.01. The lowest BCUT2D eigenvalue weighted by Gasteiger charge is -2.17. The zero-order valence-corrected chi connectivity index (χ0v) is 11.7. The maximum atomic E-state index is 13.7. The highest BCUT2D eigenvalue weighted by Gasteiger charge is 2.11. The summed E-state index contributed by atoms with van der Waals surface area (Å²) in [5, 5.41) is 11.6. The first-order valence-corrected chi connectivity index (χ1v) is 7.15. The summed E-state index contributed by atoms with van der Waals surface area (Å²) in [4.78, 5) is 6.56. The third-order valence-electron chi connectivity index (χ3n) is 2.91. The van der Waals surface area contributed by atoms with Crippen LogP contribution in [0.25, 0.3) is 10.6 Å². The van der Waals surface area contributed by atoms with Crippen LogP contribution in [0.3, 0.4) is 0 Å². The molecule has 1 N–H and O–H groups in total. The van der Waals surface area contributed by atoms with Gasteiger partial charge in [0.1, 0.15) is 10.8 Å². The summed E-state index contributed by atoms with van der Waals surface area (Å²) in [5.41, 5.74) is 1.46. The molecule has 102 valence electrons. The van der Waals surface area contributed by atoms with Crippen molar-refractivity contribution >= 4 is 11.3 Å². The van der Waals surface area contributed by atoms with Crippen molar-refractivity contribution in [1.29, 1.82) is 0 Å². The Balaban J connectivity index is 2.13. The highest BCUT2D eigenvalue weighted by Crippen LogP contribution is 2.26. The first-order valence-electron chi connectivity index (χ1n) is 6.27. The van der Waals surface area contributed by atoms with Crippen LogP contribution in [-0.2, 0) is 6.54 Å². The number of aromatic nitrogens is 1. The molecule has 0 spiro atoms. The van der Waals surface area contributed by atoms with Gasteiger partial charge in [-0.25, -0.2) is 9.37 Å². The molecule has 1 heterocycles. The van der Waals surface area contributed by atoms with E-state index in [4.69, 9.17) is 5.11 Å². The lowest BCUT2D eigenvalue weighted by atomic mass is 10.2. The highest BCUT2D eigenvalue weighted by molar-refractivity contribution is 7.13. The van der Waals surface area contributed by atoms with Gasteiger partial charge in [0.05, 0.1) is 12.3 Å². The van der Waals surface area contributed by atoms with Gasteiger partial charge in [0, 0.05) is 24.0 Å². The number of nitrogens with zero attached hydrogens (tertiary/aromatic N) is 2. The Morgan fingerprint density at radius 2 is 2.16 bits per heavy atom. The van der Waals surface area contributed by atoms with Gasteiger partial charge >= 0.3 is 0 Å². The fourth-order valence-electron chi connectivity index (χ4n) is 1.86. The fraction of sp³-hybridized carbons (Fsp3) is 0.357. The molecule has 1 aromatic heterocycles. The molecule has 5 heteroatoms. The maximum Gasteiger partial charge on any atom is 0.133 e. The standard InChI is InChI=1S/C14H17FN2OS/c1-2-17(7-8-18)9-11-10-19-14(16-11)12-5-3-4-6-13(12)15/h3-6,10,18H,2,7-9H2,1H3. The van der Waals surface area contributed by atoms with Crippen LogP contribution in [0, 0.1) is 5.82 Å². The third kappa shape index (κ3) is 3.59. The molecule has 0 aliphatic rings. The van der Waals surface area contributed by atoms with Gasteiger partial charge in [0.2, 0.25) is 0 Å². The van der Waals surface area contributed by atoms with Gasteiger partial charge in [-0.2, -0.15) is 0 Å². The van der Waals surface area contributed by atoms with Gasteiger partial charge in [0.15, 0.2) is 0 Å². The minimum Gasteiger partial charge on any atom is -0.395 e. The molecule has 0 aliphatic carbocycles. The van der Waals surface area contributed by atoms with Crippen LogP contribution in [0.1, 0.15) is 12.6 Å². The van der Waals surface area contributed by atoms with E-state index in [0.29, 0.717) is 23.7 Å². The largest absolute Gasteiger partial charge is 0.395 e. The van der Waals surface area contributed by atoms with Crippen LogP contribution in [0.15, 0.2) is 29.6 Å². The van der Waals surface area contributed by atoms with E-state index in [0.717, 1.165) is 12.2 Å². The van der Waals surface area contributed by atoms with Crippen molar-refractivity contribution in [2.75, 3.05) is 19.7 Å². The summed E-state index contributed by atoms with van der Waals surface area (Å²) in [6.45, 7) is 4.34. The SMILES string of the molecule is CCN(CCO)Cc1csc(-c2ccccc2F)n1. The molecule has 2 aromatic rings. The summed E-state index contributed by atoms with van der Waals surface area (Å²) in [6, 6.07) is 6.67. The molecule has 2 rings (SSSR count). The summed E-state index contributed by atoms with van der Waals surface area (Å²) < 4.78 is 13.7. The zero-order chi connectivity index (χ0) is 13.7. The Labute approximate surface area is 116 Å². The Morgan fingerprint density at radius 1 is 1.37 bits per heavy atom. The fourth-order valence-corrected chi connectivity index (χ4v) is 2.69. The van der Waals surface area contributed by atoms with Gasteiger partial charge < -0.3 is 5.11 Å². The van der Waals surface area contributed by atoms with E-state index in [9.17, 15) is 4.39 Å². The van der Waals surface area contributed by atoms with Crippen molar-refractivity contribution < 1.29 is 9.50 Å². The average Bonchev–Trinajstić information content (AvgIpc) is 2.87. The van der Waals surface area contributed by atoms with Gasteiger partial charge in [-0.15, -0.1) is 11.3 Å². The Hall–Kier alpha value is -1.30. The van der Waals surface area contributed by atoms with Crippen molar-refractivity contribution in [2.24, 2.45) is 0 Å². The molecule has 0 saturated heterocycles. The molecule has 0 atom stereocenters. The molecule has 19 heavy (non-hydrogen) atoms. The van der Waals surface area contributed by atoms with Gasteiger partial charge in [-0.1, -0.05) is 19.1 Å². The molecule has 1 aromatic carbocycles. The number of rotatable bonds is 6. The van der Waals surface area contributed by atoms with E-state index in [1.54, 1.807) is 12.1 Å². The van der Waals surface area contributed by atoms with Crippen LogP contribution >= 0.6 is 11.3 Å². The molecule has 3 nitrogen and oxygen atoms in total. The number of benzene rings is 1. The molecular weight excluding hydrogens is 263 g/mol. The number of aliphatic hydroxyl groups is 1. The van der Waals surface area contributed by atoms with Crippen LogP contribution < -0.4 is 0 Å². The first-order chi connectivity index (χ1) is 9.24. The molecular formula is C14H17FN2OS. The summed E-state index contributed by atoms with van der Waals surface area (Å²) in [7, 11) is 0. The van der Waals surface area contributed by atoms with Crippen LogP contribution in [0.5, 0.6) is 0 Å². The van der Waals surface area contributed by atoms with Crippen molar-refractivity contribution in [3.63, 3.8) is 0 Å². The van der Waals surface area contributed by atoms with Gasteiger partial charge in [-0.05, 0) is 18.7 Å². The van der Waals surface area contributed by atoms with Crippen LogP contribution in [-0.4, -0.2) is 34.7 Å². The summed E-state index contributed by atoms with van der Waals surface area (Å²) in [5.74, 6) is -0.244. The van der Waals surface area contributed by atoms with Gasteiger partial charge in [0.25, 0.3) is 0 Å². The smallest absolute Gasteiger partial charge is 0.133 e. The van der Waals surface area contributed by atoms with Crippen molar-refractivity contribution in [1.82, 2.24) is 9.88 Å². The van der Waals surface area contributed by atoms with E-state index in [1.165, 1.54) is 17.4 Å². The van der Waals surface area contributed by atoms with Crippen LogP contribution in [0.4, 0.5) is 4.39 Å². The molecule has 0 bridgehead atoms. The van der Waals surface area contributed by atoms with Crippen molar-refractivity contribution in [3.8, 4) is 10.6 Å². The van der Waals surface area contributed by atoms with E-state index >= 15 is 0 Å². The number of aliphatic hydroxyl groups excluding tert-OH is 1. The normalized spacial score (nSPS) is 11.2. The molecule has 0 aliphatic heterocycles. The zero-order valence-electron chi connectivity index (χ0n) is 10.8. The number of halogens is 1. The minimum absolute atomic E-state index is 0.137. The molecule has 0 unspecified atom stereocenters. The van der Waals surface area contributed by atoms with Crippen LogP contribution in [0.2, 0.25) is 0 Å². The lowest BCUT2D eigenvalue weighted by molar-refractivity contribution is 0.195. The van der Waals surface area contributed by atoms with E-state index in [2.05, 4.69) is 9.88 Å². The molecule has 0 amide bonds. The topological polar surface area (TPSA) is 36.4 Å². The van der Waals surface area contributed by atoms with Gasteiger partial charge in [-0.3, -0.25) is 4.90 Å². The Bertz CT molecular complexity index is 530. The second-order valence-corrected chi connectivity index (χ2v) is 5.07. The van der Waals surface area contributed by atoms with Crippen molar-refractivity contribution in [3.05, 3.63) is 41.2 Å². The highest BCUT2D eigenvalue weighted by atomic mass is 32.1. The number of thiazole rings is 1. The lowest BCUT2D eigenvalue weighted by Crippen LogP contribution is -2.26. The number of likely N-dealkylation sites (N-methyl/N-ethyl adjacent to an activating group) is 1. The van der Waals surface area contributed by atoms with E-state index in [-0.39, 0.29) is 12.4 Å². The monoisotopic (exact) mass is 280 g/mol. The van der Waals surface area contributed by atoms with E-state index in [1.807, 2.05) is 18.4 Å². The third-order valence-corrected chi connectivity index (χ3v) is 3.83. The summed E-state index contributed by atoms with van der Waals surface area (Å²) in [6.07, 6.45) is 0. The average molecular weight is 280 g/mol. The molecule has 0 saturated carbocycles. The van der Waals surface area contributed by atoms with Crippen molar-refractivity contribution in [2.45, 2.75) is 13.5 Å². The quantitative estimate of drug-likeness (QED) is 0.884. The predicted molar refractivity (Wildman–Crippen MR) is 75.5 cm³/mol. The maximum absolute atomic E-state index is 13.7. The first kappa shape index (κ1) is 14.1. The molecule has 0 fully saturated rings. The second-order valence-electron chi connectivity index (χ2n) is 4.22. The Morgan fingerprint density at radius 3 is 2.84 bits per heavy atom. The summed E-state index contributed by atoms with van der Waals surface area (Å²) >= 11 is 1.45. The molecule has 0 radical (unpaired) electrons. The number of hydrogen-bond acceptors (Lipinski definition) is 4. The van der Waals surface area contributed by atoms with E-state index < -0.39 is 0 Å². The predicted octanol–water partition coefficient (Wildman–Crippen LogP) is 2.76.